The van der Waals surface area contributed by atoms with E-state index < -0.39 is 0 Å². The lowest BCUT2D eigenvalue weighted by atomic mass is 9.84. The molecule has 100 valence electrons. The average Bonchev–Trinajstić information content (AvgIpc) is 2.39. The highest BCUT2D eigenvalue weighted by atomic mass is 32.2. The predicted octanol–water partition coefficient (Wildman–Crippen LogP) is 4.12. The molecular weight excluding hydrogens is 260 g/mol. The van der Waals surface area contributed by atoms with Crippen molar-refractivity contribution in [3.05, 3.63) is 29.3 Å². The van der Waals surface area contributed by atoms with Crippen molar-refractivity contribution in [2.45, 2.75) is 31.6 Å². The maximum Gasteiger partial charge on any atom is 0.0471 e. The van der Waals surface area contributed by atoms with Crippen molar-refractivity contribution in [3.63, 3.8) is 0 Å². The van der Waals surface area contributed by atoms with Crippen LogP contribution in [0.5, 0.6) is 0 Å². The van der Waals surface area contributed by atoms with Crippen LogP contribution in [0.2, 0.25) is 0 Å². The highest BCUT2D eigenvalue weighted by Gasteiger charge is 2.31. The summed E-state index contributed by atoms with van der Waals surface area (Å²) in [6.45, 7) is 6.14. The zero-order chi connectivity index (χ0) is 13.0. The molecule has 0 aliphatic carbocycles. The fourth-order valence-electron chi connectivity index (χ4n) is 2.34. The lowest BCUT2D eigenvalue weighted by Crippen LogP contribution is -2.33. The van der Waals surface area contributed by atoms with Gasteiger partial charge in [0, 0.05) is 23.9 Å². The molecule has 3 heteroatoms. The van der Waals surface area contributed by atoms with E-state index in [9.17, 15) is 0 Å². The van der Waals surface area contributed by atoms with Gasteiger partial charge in [-0.25, -0.2) is 0 Å². The molecule has 1 heterocycles. The largest absolute Gasteiger partial charge is 0.381 e. The van der Waals surface area contributed by atoms with E-state index in [1.165, 1.54) is 16.0 Å². The van der Waals surface area contributed by atoms with E-state index >= 15 is 0 Å². The lowest BCUT2D eigenvalue weighted by Gasteiger charge is -2.35. The molecule has 0 bridgehead atoms. The minimum Gasteiger partial charge on any atom is -0.381 e. The van der Waals surface area contributed by atoms with Crippen LogP contribution < -0.4 is 0 Å². The van der Waals surface area contributed by atoms with Gasteiger partial charge in [0.25, 0.3) is 0 Å². The Hall–Kier alpha value is -0.120. The number of benzene rings is 1. The minimum atomic E-state index is 0.364. The zero-order valence-corrected chi connectivity index (χ0v) is 12.9. The van der Waals surface area contributed by atoms with Gasteiger partial charge in [-0.3, -0.25) is 0 Å². The summed E-state index contributed by atoms with van der Waals surface area (Å²) in [5.41, 5.74) is 3.09. The van der Waals surface area contributed by atoms with Crippen LogP contribution in [0.25, 0.3) is 0 Å². The Morgan fingerprint density at radius 3 is 2.61 bits per heavy atom. The molecule has 18 heavy (non-hydrogen) atoms. The Kier molecular flexibility index (Phi) is 5.05. The summed E-state index contributed by atoms with van der Waals surface area (Å²) in [6, 6.07) is 6.72. The maximum atomic E-state index is 5.47. The number of thioether (sulfide) groups is 1. The smallest absolute Gasteiger partial charge is 0.0471 e. The highest BCUT2D eigenvalue weighted by Crippen LogP contribution is 2.38. The van der Waals surface area contributed by atoms with Crippen molar-refractivity contribution < 1.29 is 4.74 Å². The molecule has 1 aromatic rings. The molecule has 1 nitrogen and oxygen atoms in total. The van der Waals surface area contributed by atoms with Crippen LogP contribution >= 0.6 is 24.4 Å². The van der Waals surface area contributed by atoms with Gasteiger partial charge in [0.15, 0.2) is 0 Å². The zero-order valence-electron chi connectivity index (χ0n) is 11.2. The maximum absolute atomic E-state index is 5.47. The molecule has 0 unspecified atom stereocenters. The van der Waals surface area contributed by atoms with E-state index in [1.54, 1.807) is 0 Å². The summed E-state index contributed by atoms with van der Waals surface area (Å²) in [7, 11) is 0. The molecule has 0 spiro atoms. The lowest BCUT2D eigenvalue weighted by molar-refractivity contribution is 0.0371. The third-order valence-corrected chi connectivity index (χ3v) is 5.95. The molecule has 0 saturated carbocycles. The highest BCUT2D eigenvalue weighted by molar-refractivity contribution is 7.99. The van der Waals surface area contributed by atoms with Crippen molar-refractivity contribution >= 4 is 24.4 Å². The Morgan fingerprint density at radius 1 is 1.28 bits per heavy atom. The van der Waals surface area contributed by atoms with Gasteiger partial charge in [0.2, 0.25) is 0 Å². The van der Waals surface area contributed by atoms with Gasteiger partial charge in [-0.2, -0.15) is 12.6 Å². The molecule has 0 amide bonds. The monoisotopic (exact) mass is 282 g/mol. The van der Waals surface area contributed by atoms with Crippen molar-refractivity contribution in [1.82, 2.24) is 0 Å². The normalized spacial score (nSPS) is 18.8. The standard InChI is InChI=1S/C15H22OS2/c1-12-3-4-14(13(2)9-12)18-11-15(10-17)5-7-16-8-6-15/h3-4,9,17H,5-8,10-11H2,1-2H3. The van der Waals surface area contributed by atoms with Gasteiger partial charge in [-0.1, -0.05) is 17.7 Å². The first-order chi connectivity index (χ1) is 8.65. The van der Waals surface area contributed by atoms with Gasteiger partial charge >= 0.3 is 0 Å². The molecule has 1 aliphatic heterocycles. The Bertz CT molecular complexity index is 397. The van der Waals surface area contributed by atoms with E-state index in [-0.39, 0.29) is 0 Å². The number of hydrogen-bond donors (Lipinski definition) is 1. The van der Waals surface area contributed by atoms with Gasteiger partial charge in [0.1, 0.15) is 0 Å². The Morgan fingerprint density at radius 2 is 2.00 bits per heavy atom. The molecule has 1 aliphatic rings. The number of rotatable bonds is 4. The van der Waals surface area contributed by atoms with E-state index in [1.807, 2.05) is 11.8 Å². The second-order valence-electron chi connectivity index (χ2n) is 5.33. The quantitative estimate of drug-likeness (QED) is 0.657. The summed E-state index contributed by atoms with van der Waals surface area (Å²) in [6.07, 6.45) is 2.29. The van der Waals surface area contributed by atoms with Crippen molar-refractivity contribution in [2.75, 3.05) is 24.7 Å². The van der Waals surface area contributed by atoms with E-state index in [0.717, 1.165) is 37.6 Å². The summed E-state index contributed by atoms with van der Waals surface area (Å²) < 4.78 is 5.47. The van der Waals surface area contributed by atoms with Crippen LogP contribution in [-0.2, 0) is 4.74 Å². The summed E-state index contributed by atoms with van der Waals surface area (Å²) in [4.78, 5) is 1.41. The van der Waals surface area contributed by atoms with Crippen LogP contribution in [0.3, 0.4) is 0 Å². The van der Waals surface area contributed by atoms with E-state index in [0.29, 0.717) is 5.41 Å². The van der Waals surface area contributed by atoms with E-state index in [4.69, 9.17) is 4.74 Å². The third-order valence-electron chi connectivity index (χ3n) is 3.75. The van der Waals surface area contributed by atoms with Gasteiger partial charge < -0.3 is 4.74 Å². The van der Waals surface area contributed by atoms with Crippen LogP contribution in [-0.4, -0.2) is 24.7 Å². The molecule has 0 radical (unpaired) electrons. The fourth-order valence-corrected chi connectivity index (χ4v) is 4.23. The van der Waals surface area contributed by atoms with E-state index in [2.05, 4.69) is 44.7 Å². The Balaban J connectivity index is 2.01. The summed E-state index contributed by atoms with van der Waals surface area (Å²) in [5, 5.41) is 0. The number of thiol groups is 1. The second kappa shape index (κ2) is 6.36. The topological polar surface area (TPSA) is 9.23 Å². The molecule has 2 rings (SSSR count). The van der Waals surface area contributed by atoms with Crippen molar-refractivity contribution in [1.29, 1.82) is 0 Å². The number of ether oxygens (including phenoxy) is 1. The van der Waals surface area contributed by atoms with Crippen molar-refractivity contribution in [2.24, 2.45) is 5.41 Å². The fraction of sp³-hybridized carbons (Fsp3) is 0.600. The minimum absolute atomic E-state index is 0.364. The first-order valence-corrected chi connectivity index (χ1v) is 8.16. The van der Waals surface area contributed by atoms with Gasteiger partial charge in [-0.05, 0) is 49.5 Å². The first-order valence-electron chi connectivity index (χ1n) is 6.54. The summed E-state index contributed by atoms with van der Waals surface area (Å²) in [5.74, 6) is 2.12. The second-order valence-corrected chi connectivity index (χ2v) is 6.66. The first kappa shape index (κ1) is 14.3. The van der Waals surface area contributed by atoms with Crippen LogP contribution in [0.1, 0.15) is 24.0 Å². The molecule has 1 aromatic carbocycles. The molecule has 0 N–H and O–H groups in total. The number of hydrogen-bond acceptors (Lipinski definition) is 3. The molecule has 0 atom stereocenters. The van der Waals surface area contributed by atoms with Crippen molar-refractivity contribution in [3.8, 4) is 0 Å². The molecular formula is C15H22OS2. The molecule has 0 aromatic heterocycles. The van der Waals surface area contributed by atoms with Crippen LogP contribution in [0.4, 0.5) is 0 Å². The Labute approximate surface area is 120 Å². The summed E-state index contributed by atoms with van der Waals surface area (Å²) >= 11 is 6.55. The SMILES string of the molecule is Cc1ccc(SCC2(CS)CCOCC2)c(C)c1. The predicted molar refractivity (Wildman–Crippen MR) is 83.0 cm³/mol. The van der Waals surface area contributed by atoms with Crippen LogP contribution in [0.15, 0.2) is 23.1 Å². The van der Waals surface area contributed by atoms with Gasteiger partial charge in [0.05, 0.1) is 0 Å². The average molecular weight is 282 g/mol. The van der Waals surface area contributed by atoms with Gasteiger partial charge in [-0.15, -0.1) is 11.8 Å². The number of aryl methyl sites for hydroxylation is 2. The third kappa shape index (κ3) is 3.46. The molecule has 1 saturated heterocycles. The van der Waals surface area contributed by atoms with Crippen LogP contribution in [0, 0.1) is 19.3 Å². The molecule has 1 fully saturated rings.